The van der Waals surface area contributed by atoms with Gasteiger partial charge in [0.05, 0.1) is 12.1 Å². The first-order chi connectivity index (χ1) is 8.27. The van der Waals surface area contributed by atoms with Crippen LogP contribution in [0.25, 0.3) is 0 Å². The highest BCUT2D eigenvalue weighted by Crippen LogP contribution is 2.31. The van der Waals surface area contributed by atoms with Crippen LogP contribution < -0.4 is 5.32 Å². The Morgan fingerprint density at radius 2 is 2.41 bits per heavy atom. The zero-order chi connectivity index (χ0) is 12.3. The van der Waals surface area contributed by atoms with Crippen molar-refractivity contribution in [2.45, 2.75) is 38.8 Å². The third kappa shape index (κ3) is 2.53. The van der Waals surface area contributed by atoms with Gasteiger partial charge in [-0.05, 0) is 30.8 Å². The molecular formula is C13H20N2OS. The van der Waals surface area contributed by atoms with Crippen LogP contribution >= 0.6 is 11.3 Å². The molecule has 2 unspecified atom stereocenters. The lowest BCUT2D eigenvalue weighted by Gasteiger charge is -2.26. The molecule has 1 fully saturated rings. The van der Waals surface area contributed by atoms with Crippen LogP contribution in [-0.2, 0) is 4.79 Å². The van der Waals surface area contributed by atoms with Crippen molar-refractivity contribution in [3.05, 3.63) is 22.4 Å². The summed E-state index contributed by atoms with van der Waals surface area (Å²) >= 11 is 1.74. The van der Waals surface area contributed by atoms with Gasteiger partial charge in [-0.15, -0.1) is 11.3 Å². The smallest absolute Gasteiger partial charge is 0.240 e. The maximum Gasteiger partial charge on any atom is 0.240 e. The number of likely N-dealkylation sites (N-methyl/N-ethyl adjacent to an activating group) is 1. The van der Waals surface area contributed by atoms with Crippen molar-refractivity contribution >= 4 is 17.2 Å². The van der Waals surface area contributed by atoms with Crippen molar-refractivity contribution in [2.75, 3.05) is 13.1 Å². The number of likely N-dealkylation sites (tertiary alicyclic amines) is 1. The highest BCUT2D eigenvalue weighted by Gasteiger charge is 2.35. The maximum absolute atomic E-state index is 12.3. The Morgan fingerprint density at radius 3 is 3.00 bits per heavy atom. The SMILES string of the molecule is CCNC1CCN(C(CC)c2cccs2)C1=O. The zero-order valence-corrected chi connectivity index (χ0v) is 11.3. The predicted molar refractivity (Wildman–Crippen MR) is 71.1 cm³/mol. The molecule has 1 N–H and O–H groups in total. The first-order valence-corrected chi connectivity index (χ1v) is 7.23. The molecule has 2 heterocycles. The molecular weight excluding hydrogens is 232 g/mol. The second-order valence-corrected chi connectivity index (χ2v) is 5.35. The average Bonchev–Trinajstić information content (AvgIpc) is 2.95. The molecule has 1 aromatic heterocycles. The zero-order valence-electron chi connectivity index (χ0n) is 10.5. The Morgan fingerprint density at radius 1 is 1.59 bits per heavy atom. The number of hydrogen-bond acceptors (Lipinski definition) is 3. The van der Waals surface area contributed by atoms with E-state index in [1.807, 2.05) is 11.8 Å². The van der Waals surface area contributed by atoms with Crippen LogP contribution in [0.1, 0.15) is 37.6 Å². The second-order valence-electron chi connectivity index (χ2n) is 4.37. The van der Waals surface area contributed by atoms with Crippen molar-refractivity contribution in [2.24, 2.45) is 0 Å². The van der Waals surface area contributed by atoms with E-state index in [9.17, 15) is 4.79 Å². The molecule has 0 aliphatic carbocycles. The van der Waals surface area contributed by atoms with E-state index in [1.54, 1.807) is 11.3 Å². The number of hydrogen-bond donors (Lipinski definition) is 1. The van der Waals surface area contributed by atoms with Gasteiger partial charge >= 0.3 is 0 Å². The molecule has 4 heteroatoms. The van der Waals surface area contributed by atoms with Gasteiger partial charge in [-0.25, -0.2) is 0 Å². The quantitative estimate of drug-likeness (QED) is 0.873. The molecule has 3 nitrogen and oxygen atoms in total. The Balaban J connectivity index is 2.09. The number of thiophene rings is 1. The van der Waals surface area contributed by atoms with Gasteiger partial charge in [-0.2, -0.15) is 0 Å². The first kappa shape index (κ1) is 12.6. The highest BCUT2D eigenvalue weighted by atomic mass is 32.1. The van der Waals surface area contributed by atoms with E-state index < -0.39 is 0 Å². The molecule has 1 aliphatic heterocycles. The van der Waals surface area contributed by atoms with E-state index in [0.717, 1.165) is 25.9 Å². The lowest BCUT2D eigenvalue weighted by molar-refractivity contribution is -0.131. The van der Waals surface area contributed by atoms with E-state index in [4.69, 9.17) is 0 Å². The first-order valence-electron chi connectivity index (χ1n) is 6.35. The fourth-order valence-electron chi connectivity index (χ4n) is 2.50. The second kappa shape index (κ2) is 5.65. The van der Waals surface area contributed by atoms with Gasteiger partial charge in [-0.1, -0.05) is 19.9 Å². The van der Waals surface area contributed by atoms with Crippen molar-refractivity contribution in [3.63, 3.8) is 0 Å². The van der Waals surface area contributed by atoms with E-state index in [0.29, 0.717) is 0 Å². The number of amides is 1. The highest BCUT2D eigenvalue weighted by molar-refractivity contribution is 7.10. The largest absolute Gasteiger partial charge is 0.333 e. The minimum atomic E-state index is 0.0361. The molecule has 0 radical (unpaired) electrons. The maximum atomic E-state index is 12.3. The molecule has 1 aliphatic rings. The van der Waals surface area contributed by atoms with Gasteiger partial charge in [-0.3, -0.25) is 4.79 Å². The molecule has 2 atom stereocenters. The number of nitrogens with one attached hydrogen (secondary N) is 1. The monoisotopic (exact) mass is 252 g/mol. The Kier molecular flexibility index (Phi) is 4.18. The van der Waals surface area contributed by atoms with Crippen LogP contribution in [0.5, 0.6) is 0 Å². The van der Waals surface area contributed by atoms with Crippen LogP contribution in [0.15, 0.2) is 17.5 Å². The normalized spacial score (nSPS) is 22.1. The molecule has 0 saturated carbocycles. The van der Waals surface area contributed by atoms with Crippen molar-refractivity contribution in [1.82, 2.24) is 10.2 Å². The van der Waals surface area contributed by atoms with E-state index in [1.165, 1.54) is 4.88 Å². The van der Waals surface area contributed by atoms with Gasteiger partial charge in [0.25, 0.3) is 0 Å². The number of rotatable bonds is 5. The molecule has 2 rings (SSSR count). The molecule has 94 valence electrons. The van der Waals surface area contributed by atoms with E-state index in [2.05, 4.69) is 29.8 Å². The summed E-state index contributed by atoms with van der Waals surface area (Å²) in [5.74, 6) is 0.270. The van der Waals surface area contributed by atoms with Crippen LogP contribution in [0.3, 0.4) is 0 Å². The summed E-state index contributed by atoms with van der Waals surface area (Å²) < 4.78 is 0. The van der Waals surface area contributed by atoms with Crippen LogP contribution in [0.4, 0.5) is 0 Å². The van der Waals surface area contributed by atoms with Gasteiger partial charge < -0.3 is 10.2 Å². The minimum Gasteiger partial charge on any atom is -0.333 e. The lowest BCUT2D eigenvalue weighted by Crippen LogP contribution is -2.39. The summed E-state index contributed by atoms with van der Waals surface area (Å²) in [5, 5.41) is 5.34. The van der Waals surface area contributed by atoms with Gasteiger partial charge in [0.2, 0.25) is 5.91 Å². The fraction of sp³-hybridized carbons (Fsp3) is 0.615. The summed E-state index contributed by atoms with van der Waals surface area (Å²) in [6.07, 6.45) is 1.93. The van der Waals surface area contributed by atoms with Crippen LogP contribution in [-0.4, -0.2) is 29.9 Å². The summed E-state index contributed by atoms with van der Waals surface area (Å²) in [7, 11) is 0. The molecule has 0 aromatic carbocycles. The third-order valence-electron chi connectivity index (χ3n) is 3.32. The van der Waals surface area contributed by atoms with Crippen molar-refractivity contribution < 1.29 is 4.79 Å². The van der Waals surface area contributed by atoms with Crippen molar-refractivity contribution in [1.29, 1.82) is 0 Å². The Bertz CT molecular complexity index is 364. The van der Waals surface area contributed by atoms with Crippen molar-refractivity contribution in [3.8, 4) is 0 Å². The standard InChI is InChI=1S/C13H20N2OS/c1-3-11(12-6-5-9-17-12)15-8-7-10(13(15)16)14-4-2/h5-6,9-11,14H,3-4,7-8H2,1-2H3. The Hall–Kier alpha value is -0.870. The average molecular weight is 252 g/mol. The topological polar surface area (TPSA) is 32.3 Å². The fourth-order valence-corrected chi connectivity index (χ4v) is 3.43. The van der Waals surface area contributed by atoms with Gasteiger partial charge in [0, 0.05) is 11.4 Å². The van der Waals surface area contributed by atoms with Gasteiger partial charge in [0.15, 0.2) is 0 Å². The molecule has 1 saturated heterocycles. The molecule has 1 amide bonds. The summed E-state index contributed by atoms with van der Waals surface area (Å²) in [4.78, 5) is 15.6. The summed E-state index contributed by atoms with van der Waals surface area (Å²) in [6, 6.07) is 4.50. The minimum absolute atomic E-state index is 0.0361. The lowest BCUT2D eigenvalue weighted by atomic mass is 10.1. The molecule has 1 aromatic rings. The van der Waals surface area contributed by atoms with Gasteiger partial charge in [0.1, 0.15) is 0 Å². The summed E-state index contributed by atoms with van der Waals surface area (Å²) in [6.45, 7) is 5.94. The van der Waals surface area contributed by atoms with E-state index in [-0.39, 0.29) is 18.0 Å². The third-order valence-corrected chi connectivity index (χ3v) is 4.30. The van der Waals surface area contributed by atoms with Crippen LogP contribution in [0, 0.1) is 0 Å². The molecule has 17 heavy (non-hydrogen) atoms. The number of carbonyl (C=O) groups is 1. The van der Waals surface area contributed by atoms with Crippen LogP contribution in [0.2, 0.25) is 0 Å². The predicted octanol–water partition coefficient (Wildman–Crippen LogP) is 2.41. The Labute approximate surface area is 107 Å². The molecule has 0 bridgehead atoms. The number of carbonyl (C=O) groups excluding carboxylic acids is 1. The summed E-state index contributed by atoms with van der Waals surface area (Å²) in [5.41, 5.74) is 0. The van der Waals surface area contributed by atoms with E-state index >= 15 is 0 Å². The number of nitrogens with zero attached hydrogens (tertiary/aromatic N) is 1. The molecule has 0 spiro atoms.